The third kappa shape index (κ3) is 6.63. The Morgan fingerprint density at radius 3 is 2.28 bits per heavy atom. The molecule has 4 rings (SSSR count). The Hall–Kier alpha value is -2.94. The van der Waals surface area contributed by atoms with Crippen molar-refractivity contribution >= 4 is 50.5 Å². The Morgan fingerprint density at radius 1 is 0.944 bits per heavy atom. The van der Waals surface area contributed by atoms with E-state index in [0.717, 1.165) is 11.9 Å². The van der Waals surface area contributed by atoms with Gasteiger partial charge < -0.3 is 14.5 Å². The number of anilines is 2. The summed E-state index contributed by atoms with van der Waals surface area (Å²) in [7, 11) is -3.55. The fourth-order valence-corrected chi connectivity index (χ4v) is 5.27. The smallest absolute Gasteiger partial charge is 0.260 e. The van der Waals surface area contributed by atoms with Gasteiger partial charge in [0.05, 0.1) is 18.5 Å². The molecule has 3 aromatic carbocycles. The van der Waals surface area contributed by atoms with Crippen molar-refractivity contribution in [2.45, 2.75) is 6.54 Å². The van der Waals surface area contributed by atoms with E-state index in [0.29, 0.717) is 53.2 Å². The first kappa shape index (κ1) is 26.1. The van der Waals surface area contributed by atoms with E-state index in [1.807, 2.05) is 30.3 Å². The number of amides is 1. The lowest BCUT2D eigenvalue weighted by atomic mass is 10.2. The lowest BCUT2D eigenvalue weighted by molar-refractivity contribution is -0.133. The number of nitrogens with zero attached hydrogens (tertiary/aromatic N) is 3. The fraction of sp³-hybridized carbons (Fsp3) is 0.269. The summed E-state index contributed by atoms with van der Waals surface area (Å²) in [5.74, 6) is 0.386. The molecule has 0 aliphatic carbocycles. The molecule has 1 aliphatic rings. The van der Waals surface area contributed by atoms with E-state index in [-0.39, 0.29) is 19.1 Å². The summed E-state index contributed by atoms with van der Waals surface area (Å²) in [4.78, 5) is 16.7. The molecule has 1 amide bonds. The van der Waals surface area contributed by atoms with Crippen LogP contribution in [-0.4, -0.2) is 58.3 Å². The number of sulfonamides is 1. The van der Waals surface area contributed by atoms with Crippen LogP contribution >= 0.6 is 23.2 Å². The molecule has 10 heteroatoms. The molecular formula is C26H27Cl2N3O4S. The normalized spacial score (nSPS) is 14.0. The number of hydrogen-bond donors (Lipinski definition) is 0. The summed E-state index contributed by atoms with van der Waals surface area (Å²) in [5.41, 5.74) is 2.22. The molecule has 0 saturated carbocycles. The van der Waals surface area contributed by atoms with Crippen molar-refractivity contribution in [1.29, 1.82) is 0 Å². The van der Waals surface area contributed by atoms with Crippen LogP contribution < -0.4 is 13.9 Å². The molecule has 0 N–H and O–H groups in total. The van der Waals surface area contributed by atoms with E-state index in [1.54, 1.807) is 47.4 Å². The number of benzene rings is 3. The Labute approximate surface area is 221 Å². The second-order valence-corrected chi connectivity index (χ2v) is 11.2. The van der Waals surface area contributed by atoms with E-state index in [9.17, 15) is 13.2 Å². The van der Waals surface area contributed by atoms with Gasteiger partial charge in [-0.2, -0.15) is 0 Å². The number of hydrogen-bond acceptors (Lipinski definition) is 5. The molecule has 1 aliphatic heterocycles. The maximum atomic E-state index is 12.7. The zero-order chi connectivity index (χ0) is 25.7. The lowest BCUT2D eigenvalue weighted by Crippen LogP contribution is -2.50. The van der Waals surface area contributed by atoms with Gasteiger partial charge in [0.15, 0.2) is 6.61 Å². The summed E-state index contributed by atoms with van der Waals surface area (Å²) in [6, 6.07) is 21.4. The first-order chi connectivity index (χ1) is 17.2. The van der Waals surface area contributed by atoms with Crippen molar-refractivity contribution in [2.24, 2.45) is 0 Å². The number of carbonyl (C=O) groups is 1. The van der Waals surface area contributed by atoms with Crippen LogP contribution in [0, 0.1) is 0 Å². The molecule has 0 spiro atoms. The van der Waals surface area contributed by atoms with Gasteiger partial charge >= 0.3 is 0 Å². The second kappa shape index (κ2) is 11.4. The van der Waals surface area contributed by atoms with E-state index in [1.165, 1.54) is 4.31 Å². The largest absolute Gasteiger partial charge is 0.484 e. The third-order valence-corrected chi connectivity index (χ3v) is 7.71. The van der Waals surface area contributed by atoms with Crippen LogP contribution in [0.15, 0.2) is 72.8 Å². The number of halogens is 2. The minimum absolute atomic E-state index is 0.0913. The Morgan fingerprint density at radius 2 is 1.64 bits per heavy atom. The molecule has 1 heterocycles. The van der Waals surface area contributed by atoms with Crippen LogP contribution in [0.25, 0.3) is 0 Å². The SMILES string of the molecule is CS(=O)(=O)N(Cc1ccccc1Cl)c1ccc(OCC(=O)N2CCN(c3cccc(Cl)c3)CC2)cc1. The molecule has 1 fully saturated rings. The predicted molar refractivity (Wildman–Crippen MR) is 145 cm³/mol. The molecule has 3 aromatic rings. The van der Waals surface area contributed by atoms with Crippen LogP contribution in [0.3, 0.4) is 0 Å². The topological polar surface area (TPSA) is 70.2 Å². The molecule has 0 bridgehead atoms. The van der Waals surface area contributed by atoms with Crippen molar-refractivity contribution in [3.63, 3.8) is 0 Å². The summed E-state index contributed by atoms with van der Waals surface area (Å²) in [5, 5.41) is 1.19. The second-order valence-electron chi connectivity index (χ2n) is 8.49. The van der Waals surface area contributed by atoms with E-state index in [4.69, 9.17) is 27.9 Å². The van der Waals surface area contributed by atoms with Gasteiger partial charge in [-0.3, -0.25) is 9.10 Å². The molecule has 7 nitrogen and oxygen atoms in total. The number of carbonyl (C=O) groups excluding carboxylic acids is 1. The summed E-state index contributed by atoms with van der Waals surface area (Å²) >= 11 is 12.3. The van der Waals surface area contributed by atoms with Gasteiger partial charge in [0.2, 0.25) is 10.0 Å². The maximum absolute atomic E-state index is 12.7. The van der Waals surface area contributed by atoms with Crippen LogP contribution in [0.2, 0.25) is 10.0 Å². The Bertz CT molecular complexity index is 1310. The van der Waals surface area contributed by atoms with Crippen molar-refractivity contribution in [1.82, 2.24) is 4.90 Å². The van der Waals surface area contributed by atoms with Gasteiger partial charge in [0, 0.05) is 41.9 Å². The van der Waals surface area contributed by atoms with E-state index < -0.39 is 10.0 Å². The van der Waals surface area contributed by atoms with Crippen molar-refractivity contribution < 1.29 is 17.9 Å². The highest BCUT2D eigenvalue weighted by molar-refractivity contribution is 7.92. The lowest BCUT2D eigenvalue weighted by Gasteiger charge is -2.36. The average molecular weight is 548 g/mol. The van der Waals surface area contributed by atoms with Gasteiger partial charge in [-0.05, 0) is 54.1 Å². The first-order valence-corrected chi connectivity index (χ1v) is 14.0. The van der Waals surface area contributed by atoms with E-state index in [2.05, 4.69) is 4.90 Å². The van der Waals surface area contributed by atoms with Crippen LogP contribution in [0.5, 0.6) is 5.75 Å². The highest BCUT2D eigenvalue weighted by Gasteiger charge is 2.22. The summed E-state index contributed by atoms with van der Waals surface area (Å²) in [6.07, 6.45) is 1.15. The monoisotopic (exact) mass is 547 g/mol. The van der Waals surface area contributed by atoms with Crippen LogP contribution in [0.1, 0.15) is 5.56 Å². The van der Waals surface area contributed by atoms with Gasteiger partial charge in [0.25, 0.3) is 5.91 Å². The molecule has 190 valence electrons. The van der Waals surface area contributed by atoms with Gasteiger partial charge in [-0.25, -0.2) is 8.42 Å². The van der Waals surface area contributed by atoms with Crippen LogP contribution in [0.4, 0.5) is 11.4 Å². The summed E-state index contributed by atoms with van der Waals surface area (Å²) in [6.45, 7) is 2.64. The van der Waals surface area contributed by atoms with Crippen molar-refractivity contribution in [3.05, 3.63) is 88.4 Å². The zero-order valence-corrected chi connectivity index (χ0v) is 22.1. The number of ether oxygens (including phenoxy) is 1. The molecule has 0 atom stereocenters. The zero-order valence-electron chi connectivity index (χ0n) is 19.8. The Balaban J connectivity index is 1.33. The summed E-state index contributed by atoms with van der Waals surface area (Å²) < 4.78 is 31.9. The van der Waals surface area contributed by atoms with Gasteiger partial charge in [-0.15, -0.1) is 0 Å². The molecule has 36 heavy (non-hydrogen) atoms. The minimum Gasteiger partial charge on any atom is -0.484 e. The fourth-order valence-electron chi connectivity index (χ4n) is 4.01. The first-order valence-electron chi connectivity index (χ1n) is 11.4. The molecule has 0 unspecified atom stereocenters. The maximum Gasteiger partial charge on any atom is 0.260 e. The quantitative estimate of drug-likeness (QED) is 0.409. The molecular weight excluding hydrogens is 521 g/mol. The van der Waals surface area contributed by atoms with Crippen LogP contribution in [-0.2, 0) is 21.4 Å². The highest BCUT2D eigenvalue weighted by Crippen LogP contribution is 2.26. The molecule has 0 radical (unpaired) electrons. The van der Waals surface area contributed by atoms with E-state index >= 15 is 0 Å². The minimum atomic E-state index is -3.55. The Kier molecular flexibility index (Phi) is 8.28. The predicted octanol–water partition coefficient (Wildman–Crippen LogP) is 4.69. The van der Waals surface area contributed by atoms with Crippen molar-refractivity contribution in [3.8, 4) is 5.75 Å². The molecule has 0 aromatic heterocycles. The number of rotatable bonds is 8. The standard InChI is InChI=1S/C26H27Cl2N3O4S/c1-36(33,34)31(18-20-5-2-3-8-25(20)28)22-9-11-24(12-10-22)35-19-26(32)30-15-13-29(14-16-30)23-7-4-6-21(27)17-23/h2-12,17H,13-16,18-19H2,1H3. The molecule has 1 saturated heterocycles. The van der Waals surface area contributed by atoms with Crippen molar-refractivity contribution in [2.75, 3.05) is 48.2 Å². The average Bonchev–Trinajstić information content (AvgIpc) is 2.86. The number of piperazine rings is 1. The third-order valence-electron chi connectivity index (χ3n) is 5.96. The van der Waals surface area contributed by atoms with Gasteiger partial charge in [-0.1, -0.05) is 47.5 Å². The highest BCUT2D eigenvalue weighted by atomic mass is 35.5. The van der Waals surface area contributed by atoms with Gasteiger partial charge in [0.1, 0.15) is 5.75 Å².